The van der Waals surface area contributed by atoms with Crippen molar-refractivity contribution in [2.45, 2.75) is 18.9 Å². The van der Waals surface area contributed by atoms with Crippen LogP contribution in [0.1, 0.15) is 18.1 Å². The zero-order valence-corrected chi connectivity index (χ0v) is 13.9. The van der Waals surface area contributed by atoms with Gasteiger partial charge in [0.2, 0.25) is 0 Å². The Morgan fingerprint density at radius 1 is 1.05 bits per heavy atom. The smallest absolute Gasteiger partial charge is 0.161 e. The van der Waals surface area contributed by atoms with Gasteiger partial charge in [-0.05, 0) is 42.3 Å². The van der Waals surface area contributed by atoms with Gasteiger partial charge in [0.1, 0.15) is 12.4 Å². The summed E-state index contributed by atoms with van der Waals surface area (Å²) >= 11 is 9.06. The number of benzene rings is 2. The summed E-state index contributed by atoms with van der Waals surface area (Å²) in [5, 5.41) is 0.853. The lowest BCUT2D eigenvalue weighted by Gasteiger charge is -2.13. The molecule has 0 unspecified atom stereocenters. The molecule has 2 aromatic rings. The molecule has 21 heavy (non-hydrogen) atoms. The fourth-order valence-electron chi connectivity index (χ4n) is 1.81. The zero-order valence-electron chi connectivity index (χ0n) is 11.5. The van der Waals surface area contributed by atoms with Crippen LogP contribution in [0.25, 0.3) is 0 Å². The average molecular weight is 374 g/mol. The Hall–Kier alpha value is -1.26. The molecule has 112 valence electrons. The molecule has 2 rings (SSSR count). The molecule has 0 heterocycles. The highest BCUT2D eigenvalue weighted by molar-refractivity contribution is 9.08. The highest BCUT2D eigenvalue weighted by atomic mass is 79.9. The molecule has 0 saturated heterocycles. The predicted molar refractivity (Wildman–Crippen MR) is 86.0 cm³/mol. The number of rotatable bonds is 6. The van der Waals surface area contributed by atoms with Gasteiger partial charge in [0.05, 0.1) is 11.6 Å². The van der Waals surface area contributed by atoms with E-state index in [1.807, 2.05) is 25.1 Å². The molecule has 0 aromatic heterocycles. The van der Waals surface area contributed by atoms with Gasteiger partial charge in [-0.1, -0.05) is 39.7 Å². The molecule has 0 amide bonds. The lowest BCUT2D eigenvalue weighted by atomic mass is 10.2. The monoisotopic (exact) mass is 372 g/mol. The van der Waals surface area contributed by atoms with Crippen molar-refractivity contribution in [2.24, 2.45) is 0 Å². The maximum Gasteiger partial charge on any atom is 0.161 e. The molecule has 2 nitrogen and oxygen atoms in total. The maximum atomic E-state index is 13.4. The number of alkyl halides is 1. The summed E-state index contributed by atoms with van der Waals surface area (Å²) in [6.07, 6.45) is 0. The Balaban J connectivity index is 2.13. The standard InChI is InChI=1S/C16H15BrClFO2/c1-2-20-16-8-11(9-17)4-6-15(16)21-10-12-3-5-13(18)14(19)7-12/h3-8H,2,9-10H2,1H3. The van der Waals surface area contributed by atoms with Crippen LogP contribution in [0, 0.1) is 5.82 Å². The van der Waals surface area contributed by atoms with Crippen LogP contribution in [0.3, 0.4) is 0 Å². The molecular formula is C16H15BrClFO2. The second-order valence-electron chi connectivity index (χ2n) is 4.38. The van der Waals surface area contributed by atoms with Crippen molar-refractivity contribution in [3.05, 3.63) is 58.4 Å². The summed E-state index contributed by atoms with van der Waals surface area (Å²) < 4.78 is 24.7. The van der Waals surface area contributed by atoms with Crippen molar-refractivity contribution in [1.82, 2.24) is 0 Å². The van der Waals surface area contributed by atoms with Gasteiger partial charge in [-0.3, -0.25) is 0 Å². The van der Waals surface area contributed by atoms with Gasteiger partial charge < -0.3 is 9.47 Å². The third-order valence-corrected chi connectivity index (χ3v) is 3.79. The van der Waals surface area contributed by atoms with Gasteiger partial charge >= 0.3 is 0 Å². The van der Waals surface area contributed by atoms with E-state index >= 15 is 0 Å². The van der Waals surface area contributed by atoms with Crippen molar-refractivity contribution >= 4 is 27.5 Å². The Morgan fingerprint density at radius 2 is 1.81 bits per heavy atom. The van der Waals surface area contributed by atoms with Crippen molar-refractivity contribution in [2.75, 3.05) is 6.61 Å². The molecule has 0 bridgehead atoms. The molecule has 5 heteroatoms. The van der Waals surface area contributed by atoms with Crippen LogP contribution in [-0.4, -0.2) is 6.61 Å². The molecule has 0 aliphatic heterocycles. The van der Waals surface area contributed by atoms with E-state index in [0.29, 0.717) is 23.7 Å². The quantitative estimate of drug-likeness (QED) is 0.635. The minimum absolute atomic E-state index is 0.107. The SMILES string of the molecule is CCOc1cc(CBr)ccc1OCc1ccc(Cl)c(F)c1. The van der Waals surface area contributed by atoms with Crippen molar-refractivity contribution < 1.29 is 13.9 Å². The van der Waals surface area contributed by atoms with E-state index in [-0.39, 0.29) is 11.6 Å². The minimum Gasteiger partial charge on any atom is -0.490 e. The van der Waals surface area contributed by atoms with Crippen LogP contribution >= 0.6 is 27.5 Å². The second kappa shape index (κ2) is 7.66. The van der Waals surface area contributed by atoms with Gasteiger partial charge in [0.25, 0.3) is 0 Å². The summed E-state index contributed by atoms with van der Waals surface area (Å²) in [6, 6.07) is 10.4. The summed E-state index contributed by atoms with van der Waals surface area (Å²) in [6.45, 7) is 2.72. The topological polar surface area (TPSA) is 18.5 Å². The second-order valence-corrected chi connectivity index (χ2v) is 5.35. The summed E-state index contributed by atoms with van der Waals surface area (Å²) in [4.78, 5) is 0. The highest BCUT2D eigenvalue weighted by Gasteiger charge is 2.08. The van der Waals surface area contributed by atoms with Crippen LogP contribution in [0.5, 0.6) is 11.5 Å². The van der Waals surface area contributed by atoms with Gasteiger partial charge in [-0.25, -0.2) is 4.39 Å². The predicted octanol–water partition coefficient (Wildman–Crippen LogP) is 5.35. The molecular weight excluding hydrogens is 359 g/mol. The third kappa shape index (κ3) is 4.35. The molecule has 0 aliphatic rings. The average Bonchev–Trinajstić information content (AvgIpc) is 2.49. The van der Waals surface area contributed by atoms with Gasteiger partial charge in [-0.15, -0.1) is 0 Å². The number of halogens is 3. The van der Waals surface area contributed by atoms with E-state index in [0.717, 1.165) is 10.9 Å². The van der Waals surface area contributed by atoms with E-state index in [9.17, 15) is 4.39 Å². The summed E-state index contributed by atoms with van der Waals surface area (Å²) in [7, 11) is 0. The summed E-state index contributed by atoms with van der Waals surface area (Å²) in [5.74, 6) is 0.873. The van der Waals surface area contributed by atoms with Crippen molar-refractivity contribution in [1.29, 1.82) is 0 Å². The molecule has 0 spiro atoms. The van der Waals surface area contributed by atoms with Crippen LogP contribution in [0.15, 0.2) is 36.4 Å². The number of ether oxygens (including phenoxy) is 2. The fraction of sp³-hybridized carbons (Fsp3) is 0.250. The van der Waals surface area contributed by atoms with E-state index in [1.54, 1.807) is 6.07 Å². The van der Waals surface area contributed by atoms with Gasteiger partial charge in [-0.2, -0.15) is 0 Å². The lowest BCUT2D eigenvalue weighted by molar-refractivity contribution is 0.269. The molecule has 0 atom stereocenters. The lowest BCUT2D eigenvalue weighted by Crippen LogP contribution is -2.00. The van der Waals surface area contributed by atoms with Gasteiger partial charge in [0.15, 0.2) is 11.5 Å². The summed E-state index contributed by atoms with van der Waals surface area (Å²) in [5.41, 5.74) is 1.81. The van der Waals surface area contributed by atoms with Gasteiger partial charge in [0, 0.05) is 5.33 Å². The zero-order chi connectivity index (χ0) is 15.2. The largest absolute Gasteiger partial charge is 0.490 e. The first-order valence-corrected chi connectivity index (χ1v) is 8.02. The third-order valence-electron chi connectivity index (χ3n) is 2.84. The highest BCUT2D eigenvalue weighted by Crippen LogP contribution is 2.30. The molecule has 0 fully saturated rings. The van der Waals surface area contributed by atoms with E-state index in [2.05, 4.69) is 15.9 Å². The Labute approximate surface area is 137 Å². The normalized spacial score (nSPS) is 10.5. The Kier molecular flexibility index (Phi) is 5.88. The molecule has 0 N–H and O–H groups in total. The molecule has 2 aromatic carbocycles. The van der Waals surface area contributed by atoms with E-state index < -0.39 is 5.82 Å². The first-order valence-electron chi connectivity index (χ1n) is 6.52. The number of hydrogen-bond donors (Lipinski definition) is 0. The first-order chi connectivity index (χ1) is 10.1. The molecule has 0 radical (unpaired) electrons. The van der Waals surface area contributed by atoms with E-state index in [4.69, 9.17) is 21.1 Å². The van der Waals surface area contributed by atoms with Crippen LogP contribution in [0.4, 0.5) is 4.39 Å². The van der Waals surface area contributed by atoms with Crippen LogP contribution in [0.2, 0.25) is 5.02 Å². The fourth-order valence-corrected chi connectivity index (χ4v) is 2.28. The van der Waals surface area contributed by atoms with Crippen LogP contribution in [-0.2, 0) is 11.9 Å². The van der Waals surface area contributed by atoms with Crippen molar-refractivity contribution in [3.8, 4) is 11.5 Å². The minimum atomic E-state index is -0.447. The Bertz CT molecular complexity index is 619. The molecule has 0 aliphatic carbocycles. The maximum absolute atomic E-state index is 13.4. The van der Waals surface area contributed by atoms with Crippen LogP contribution < -0.4 is 9.47 Å². The van der Waals surface area contributed by atoms with Crippen molar-refractivity contribution in [3.63, 3.8) is 0 Å². The first kappa shape index (κ1) is 16.1. The van der Waals surface area contributed by atoms with E-state index in [1.165, 1.54) is 12.1 Å². The number of hydrogen-bond acceptors (Lipinski definition) is 2. The molecule has 0 saturated carbocycles. The Morgan fingerprint density at radius 3 is 2.48 bits per heavy atom.